The lowest BCUT2D eigenvalue weighted by atomic mass is 10.1. The lowest BCUT2D eigenvalue weighted by Crippen LogP contribution is -1.89. The predicted molar refractivity (Wildman–Crippen MR) is 89.4 cm³/mol. The Hall–Kier alpha value is -2.16. The van der Waals surface area contributed by atoms with Crippen LogP contribution in [0, 0.1) is 11.3 Å². The van der Waals surface area contributed by atoms with E-state index in [9.17, 15) is 5.26 Å². The molecular formula is C16H13N3S2. The first-order chi connectivity index (χ1) is 10.2. The number of hydrogen-bond donors (Lipinski definition) is 1. The Kier molecular flexibility index (Phi) is 3.74. The van der Waals surface area contributed by atoms with Gasteiger partial charge in [0.1, 0.15) is 10.9 Å². The number of rotatable bonds is 3. The van der Waals surface area contributed by atoms with Gasteiger partial charge >= 0.3 is 0 Å². The molecule has 5 heteroatoms. The van der Waals surface area contributed by atoms with Gasteiger partial charge in [-0.05, 0) is 24.6 Å². The highest BCUT2D eigenvalue weighted by Gasteiger charge is 2.19. The van der Waals surface area contributed by atoms with Crippen LogP contribution in [0.2, 0.25) is 0 Å². The molecule has 2 N–H and O–H groups in total. The topological polar surface area (TPSA) is 62.7 Å². The standard InChI is InChI=1S/C16H13N3S2/c1-2-11-5-6-12(20-11)16-14(10-4-3-7-19-9-10)15(18)13(8-17)21-16/h3-7,9H,2,18H2,1H3. The summed E-state index contributed by atoms with van der Waals surface area (Å²) >= 11 is 3.21. The first-order valence-corrected chi connectivity index (χ1v) is 8.19. The maximum Gasteiger partial charge on any atom is 0.129 e. The molecule has 0 aliphatic heterocycles. The first kappa shape index (κ1) is 13.8. The van der Waals surface area contributed by atoms with Crippen LogP contribution in [0.4, 0.5) is 5.69 Å². The van der Waals surface area contributed by atoms with E-state index < -0.39 is 0 Å². The van der Waals surface area contributed by atoms with Gasteiger partial charge in [0, 0.05) is 33.3 Å². The van der Waals surface area contributed by atoms with Crippen molar-refractivity contribution in [2.24, 2.45) is 0 Å². The third-order valence-corrected chi connectivity index (χ3v) is 5.75. The van der Waals surface area contributed by atoms with Crippen LogP contribution in [-0.2, 0) is 6.42 Å². The van der Waals surface area contributed by atoms with Gasteiger partial charge in [-0.2, -0.15) is 5.26 Å². The van der Waals surface area contributed by atoms with Crippen molar-refractivity contribution in [1.82, 2.24) is 4.98 Å². The number of thiophene rings is 2. The molecule has 3 heterocycles. The Balaban J connectivity index is 2.23. The van der Waals surface area contributed by atoms with E-state index >= 15 is 0 Å². The zero-order chi connectivity index (χ0) is 14.8. The summed E-state index contributed by atoms with van der Waals surface area (Å²) < 4.78 is 0. The highest BCUT2D eigenvalue weighted by molar-refractivity contribution is 7.23. The number of nitrogens with two attached hydrogens (primary N) is 1. The number of pyridine rings is 1. The van der Waals surface area contributed by atoms with Gasteiger partial charge < -0.3 is 5.73 Å². The smallest absolute Gasteiger partial charge is 0.129 e. The second kappa shape index (κ2) is 5.68. The maximum absolute atomic E-state index is 9.27. The lowest BCUT2D eigenvalue weighted by molar-refractivity contribution is 1.19. The third kappa shape index (κ3) is 2.44. The van der Waals surface area contributed by atoms with E-state index in [1.165, 1.54) is 16.2 Å². The second-order valence-electron chi connectivity index (χ2n) is 4.52. The van der Waals surface area contributed by atoms with E-state index in [0.717, 1.165) is 27.3 Å². The fourth-order valence-electron chi connectivity index (χ4n) is 2.19. The third-order valence-electron chi connectivity index (χ3n) is 3.23. The summed E-state index contributed by atoms with van der Waals surface area (Å²) in [5.74, 6) is 0. The van der Waals surface area contributed by atoms with E-state index in [1.54, 1.807) is 23.7 Å². The van der Waals surface area contributed by atoms with E-state index in [4.69, 9.17) is 5.73 Å². The average Bonchev–Trinajstić information content (AvgIpc) is 3.12. The van der Waals surface area contributed by atoms with Crippen LogP contribution < -0.4 is 5.73 Å². The summed E-state index contributed by atoms with van der Waals surface area (Å²) in [6.07, 6.45) is 4.54. The first-order valence-electron chi connectivity index (χ1n) is 6.56. The van der Waals surface area contributed by atoms with Crippen LogP contribution >= 0.6 is 22.7 Å². The Morgan fingerprint density at radius 1 is 1.29 bits per heavy atom. The molecule has 3 nitrogen and oxygen atoms in total. The van der Waals surface area contributed by atoms with Crippen molar-refractivity contribution in [3.05, 3.63) is 46.4 Å². The molecule has 0 aromatic carbocycles. The highest BCUT2D eigenvalue weighted by atomic mass is 32.1. The number of anilines is 1. The van der Waals surface area contributed by atoms with Gasteiger partial charge in [-0.25, -0.2) is 0 Å². The molecule has 0 saturated heterocycles. The van der Waals surface area contributed by atoms with Crippen molar-refractivity contribution in [3.8, 4) is 27.0 Å². The summed E-state index contributed by atoms with van der Waals surface area (Å²) in [7, 11) is 0. The largest absolute Gasteiger partial charge is 0.396 e. The molecule has 3 aromatic heterocycles. The molecule has 3 rings (SSSR count). The minimum absolute atomic E-state index is 0.553. The number of nitrogen functional groups attached to an aromatic ring is 1. The molecule has 0 bridgehead atoms. The summed E-state index contributed by atoms with van der Waals surface area (Å²) in [4.78, 5) is 8.27. The zero-order valence-corrected chi connectivity index (χ0v) is 13.1. The van der Waals surface area contributed by atoms with Crippen LogP contribution in [0.5, 0.6) is 0 Å². The van der Waals surface area contributed by atoms with Gasteiger partial charge in [0.25, 0.3) is 0 Å². The maximum atomic E-state index is 9.27. The molecule has 0 spiro atoms. The Bertz CT molecular complexity index is 810. The molecule has 0 fully saturated rings. The number of nitrogens with zero attached hydrogens (tertiary/aromatic N) is 2. The van der Waals surface area contributed by atoms with Crippen LogP contribution in [0.1, 0.15) is 16.7 Å². The molecule has 104 valence electrons. The molecular weight excluding hydrogens is 298 g/mol. The normalized spacial score (nSPS) is 10.5. The van der Waals surface area contributed by atoms with E-state index in [-0.39, 0.29) is 0 Å². The van der Waals surface area contributed by atoms with Gasteiger partial charge in [0.2, 0.25) is 0 Å². The quantitative estimate of drug-likeness (QED) is 0.771. The summed E-state index contributed by atoms with van der Waals surface area (Å²) in [5, 5.41) is 9.27. The molecule has 0 unspecified atom stereocenters. The summed E-state index contributed by atoms with van der Waals surface area (Å²) in [5.41, 5.74) is 8.62. The van der Waals surface area contributed by atoms with Crippen LogP contribution in [0.25, 0.3) is 20.9 Å². The monoisotopic (exact) mass is 311 g/mol. The zero-order valence-electron chi connectivity index (χ0n) is 11.5. The lowest BCUT2D eigenvalue weighted by Gasteiger charge is -2.03. The Morgan fingerprint density at radius 2 is 2.14 bits per heavy atom. The van der Waals surface area contributed by atoms with Gasteiger partial charge in [-0.3, -0.25) is 4.98 Å². The van der Waals surface area contributed by atoms with Crippen LogP contribution in [-0.4, -0.2) is 4.98 Å². The van der Waals surface area contributed by atoms with Crippen LogP contribution in [0.15, 0.2) is 36.7 Å². The van der Waals surface area contributed by atoms with Crippen molar-refractivity contribution in [1.29, 1.82) is 5.26 Å². The second-order valence-corrected chi connectivity index (χ2v) is 6.71. The minimum atomic E-state index is 0.553. The Morgan fingerprint density at radius 3 is 2.76 bits per heavy atom. The van der Waals surface area contributed by atoms with Gasteiger partial charge in [-0.15, -0.1) is 22.7 Å². The minimum Gasteiger partial charge on any atom is -0.396 e. The molecule has 0 atom stereocenters. The van der Waals surface area contributed by atoms with Crippen molar-refractivity contribution >= 4 is 28.4 Å². The number of hydrogen-bond acceptors (Lipinski definition) is 5. The number of aromatic nitrogens is 1. The Labute approximate surface area is 131 Å². The van der Waals surface area contributed by atoms with E-state index in [1.807, 2.05) is 12.1 Å². The molecule has 21 heavy (non-hydrogen) atoms. The van der Waals surface area contributed by atoms with E-state index in [0.29, 0.717) is 10.6 Å². The van der Waals surface area contributed by atoms with Crippen molar-refractivity contribution in [2.75, 3.05) is 5.73 Å². The van der Waals surface area contributed by atoms with Gasteiger partial charge in [0.05, 0.1) is 10.6 Å². The highest BCUT2D eigenvalue weighted by Crippen LogP contribution is 2.46. The summed E-state index contributed by atoms with van der Waals surface area (Å²) in [6.45, 7) is 2.14. The summed E-state index contributed by atoms with van der Waals surface area (Å²) in [6, 6.07) is 10.3. The molecule has 0 radical (unpaired) electrons. The van der Waals surface area contributed by atoms with Gasteiger partial charge in [-0.1, -0.05) is 13.0 Å². The van der Waals surface area contributed by atoms with Crippen molar-refractivity contribution in [2.45, 2.75) is 13.3 Å². The predicted octanol–water partition coefficient (Wildman–Crippen LogP) is 4.55. The number of aryl methyl sites for hydroxylation is 1. The van der Waals surface area contributed by atoms with Crippen molar-refractivity contribution in [3.63, 3.8) is 0 Å². The van der Waals surface area contributed by atoms with Gasteiger partial charge in [0.15, 0.2) is 0 Å². The molecule has 0 aliphatic rings. The molecule has 3 aromatic rings. The molecule has 0 amide bonds. The fourth-order valence-corrected chi connectivity index (χ4v) is 4.29. The number of nitriles is 1. The average molecular weight is 311 g/mol. The fraction of sp³-hybridized carbons (Fsp3) is 0.125. The molecule has 0 aliphatic carbocycles. The van der Waals surface area contributed by atoms with E-state index in [2.05, 4.69) is 30.1 Å². The van der Waals surface area contributed by atoms with Crippen LogP contribution in [0.3, 0.4) is 0 Å². The SMILES string of the molecule is CCc1ccc(-c2sc(C#N)c(N)c2-c2cccnc2)s1. The van der Waals surface area contributed by atoms with Crippen molar-refractivity contribution < 1.29 is 0 Å². The molecule has 0 saturated carbocycles.